The average molecular weight is 967 g/mol. The smallest absolute Gasteiger partial charge is 0.267 e. The van der Waals surface area contributed by atoms with Gasteiger partial charge in [0.1, 0.15) is 5.82 Å². The van der Waals surface area contributed by atoms with Crippen LogP contribution in [-0.2, 0) is 26.5 Å². The zero-order chi connectivity index (χ0) is 40.1. The maximum atomic E-state index is 6.61. The maximum Gasteiger partial charge on any atom is 0.267 e. The fourth-order valence-electron chi connectivity index (χ4n) is 9.07. The molecule has 7 heteroatoms. The van der Waals surface area contributed by atoms with Gasteiger partial charge in [0.15, 0.2) is 0 Å². The number of ether oxygens (including phenoxy) is 1. The summed E-state index contributed by atoms with van der Waals surface area (Å²) >= 11 is 0. The molecule has 5 heterocycles. The van der Waals surface area contributed by atoms with Crippen LogP contribution in [0.5, 0.6) is 11.5 Å². The third kappa shape index (κ3) is 5.81. The summed E-state index contributed by atoms with van der Waals surface area (Å²) in [5.41, 5.74) is 9.46. The van der Waals surface area contributed by atoms with Crippen LogP contribution in [0.25, 0.3) is 87.8 Å². The zero-order valence-corrected chi connectivity index (χ0v) is 35.9. The first-order valence-corrected chi connectivity index (χ1v) is 20.3. The molecule has 296 valence electrons. The first kappa shape index (κ1) is 37.0. The van der Waals surface area contributed by atoms with Crippen LogP contribution in [0, 0.1) is 18.5 Å². The Balaban J connectivity index is 0.00000420. The normalized spacial score (nSPS) is 12.0. The molecule has 0 fully saturated rings. The summed E-state index contributed by atoms with van der Waals surface area (Å²) in [6, 6.07) is 62.6. The number of pyridine rings is 1. The Labute approximate surface area is 366 Å². The van der Waals surface area contributed by atoms with E-state index >= 15 is 0 Å². The van der Waals surface area contributed by atoms with Crippen molar-refractivity contribution in [3.63, 3.8) is 0 Å². The number of nitrogens with zero attached hydrogens (tertiary/aromatic N) is 5. The van der Waals surface area contributed by atoms with Gasteiger partial charge < -0.3 is 18.3 Å². The number of imidazole rings is 1. The molecule has 0 unspecified atom stereocenters. The number of hydrogen-bond donors (Lipinski definition) is 0. The first-order valence-electron chi connectivity index (χ1n) is 20.3. The van der Waals surface area contributed by atoms with E-state index in [0.29, 0.717) is 11.5 Å². The number of para-hydroxylation sites is 4. The fraction of sp³-hybridized carbons (Fsp3) is 0.0741. The van der Waals surface area contributed by atoms with Gasteiger partial charge in [0.2, 0.25) is 0 Å². The topological polar surface area (TPSA) is 40.5 Å². The van der Waals surface area contributed by atoms with Gasteiger partial charge in [-0.1, -0.05) is 117 Å². The zero-order valence-electron chi connectivity index (χ0n) is 33.6. The Bertz CT molecular complexity index is 3760. The number of benzene rings is 7. The second kappa shape index (κ2) is 14.0. The van der Waals surface area contributed by atoms with Crippen molar-refractivity contribution < 1.29 is 30.2 Å². The van der Waals surface area contributed by atoms with Crippen LogP contribution in [0.15, 0.2) is 170 Å². The van der Waals surface area contributed by atoms with Gasteiger partial charge in [0.05, 0.1) is 27.6 Å². The summed E-state index contributed by atoms with van der Waals surface area (Å²) in [7, 11) is 0. The summed E-state index contributed by atoms with van der Waals surface area (Å²) in [5, 5.41) is 8.05. The molecule has 0 radical (unpaired) electrons. The van der Waals surface area contributed by atoms with Gasteiger partial charge in [-0.25, -0.2) is 4.98 Å². The average Bonchev–Trinajstić information content (AvgIpc) is 3.97. The molecule has 12 aromatic rings. The first-order chi connectivity index (χ1) is 29.4. The molecule has 12 rings (SSSR count). The molecule has 0 aliphatic carbocycles. The van der Waals surface area contributed by atoms with Crippen molar-refractivity contribution in [2.75, 3.05) is 0 Å². The molecule has 61 heavy (non-hydrogen) atoms. The Hall–Kier alpha value is -7.01. The molecule has 0 spiro atoms. The Morgan fingerprint density at radius 2 is 1.18 bits per heavy atom. The molecule has 0 N–H and O–H groups in total. The molecular weight excluding hydrogens is 930 g/mol. The summed E-state index contributed by atoms with van der Waals surface area (Å²) in [4.78, 5) is 4.85. The molecule has 0 saturated carbocycles. The van der Waals surface area contributed by atoms with E-state index in [9.17, 15) is 0 Å². The fourth-order valence-corrected chi connectivity index (χ4v) is 9.07. The molecule has 0 aliphatic rings. The quantitative estimate of drug-likeness (QED) is 0.130. The predicted molar refractivity (Wildman–Crippen MR) is 243 cm³/mol. The van der Waals surface area contributed by atoms with E-state index in [1.165, 1.54) is 21.7 Å². The molecule has 6 nitrogen and oxygen atoms in total. The van der Waals surface area contributed by atoms with Gasteiger partial charge >= 0.3 is 0 Å². The number of rotatable bonds is 4. The third-order valence-electron chi connectivity index (χ3n) is 11.9. The van der Waals surface area contributed by atoms with Gasteiger partial charge in [0.25, 0.3) is 6.33 Å². The van der Waals surface area contributed by atoms with Crippen LogP contribution in [0.3, 0.4) is 0 Å². The summed E-state index contributed by atoms with van der Waals surface area (Å²) in [5.74, 6) is 2.02. The number of aromatic nitrogens is 5. The van der Waals surface area contributed by atoms with Crippen molar-refractivity contribution in [2.24, 2.45) is 0 Å². The van der Waals surface area contributed by atoms with E-state index in [0.717, 1.165) is 71.7 Å². The van der Waals surface area contributed by atoms with Gasteiger partial charge in [-0.3, -0.25) is 4.40 Å². The molecule has 5 aromatic heterocycles. The van der Waals surface area contributed by atoms with Crippen molar-refractivity contribution >= 4 is 76.3 Å². The molecule has 0 amide bonds. The van der Waals surface area contributed by atoms with Gasteiger partial charge in [-0.05, 0) is 69.2 Å². The third-order valence-corrected chi connectivity index (χ3v) is 11.9. The van der Waals surface area contributed by atoms with Gasteiger partial charge in [0, 0.05) is 66.6 Å². The van der Waals surface area contributed by atoms with Crippen molar-refractivity contribution in [2.45, 2.75) is 26.2 Å². The van der Waals surface area contributed by atoms with Crippen LogP contribution in [0.1, 0.15) is 26.3 Å². The van der Waals surface area contributed by atoms with E-state index in [-0.39, 0.29) is 26.5 Å². The molecule has 0 atom stereocenters. The monoisotopic (exact) mass is 966 g/mol. The Morgan fingerprint density at radius 1 is 0.557 bits per heavy atom. The largest absolute Gasteiger partial charge is 0.510 e. The van der Waals surface area contributed by atoms with Gasteiger partial charge in [-0.15, -0.1) is 29.7 Å². The van der Waals surface area contributed by atoms with E-state index in [1.807, 2.05) is 35.0 Å². The van der Waals surface area contributed by atoms with Crippen molar-refractivity contribution in [1.29, 1.82) is 0 Å². The summed E-state index contributed by atoms with van der Waals surface area (Å²) in [6.07, 6.45) is 7.80. The van der Waals surface area contributed by atoms with E-state index in [2.05, 4.69) is 192 Å². The minimum absolute atomic E-state index is 0. The second-order valence-electron chi connectivity index (χ2n) is 16.5. The summed E-state index contributed by atoms with van der Waals surface area (Å²) in [6.45, 7) is 6.67. The minimum atomic E-state index is -0.0237. The molecular formula is C54H37N5OPt-2. The summed E-state index contributed by atoms with van der Waals surface area (Å²) < 4.78 is 15.4. The van der Waals surface area contributed by atoms with Crippen LogP contribution in [-0.4, -0.2) is 18.5 Å². The van der Waals surface area contributed by atoms with Crippen molar-refractivity contribution in [3.8, 4) is 23.0 Å². The SMILES string of the molecule is CC(C)(C)c1ccnc(-n2c3[c-]c(Oc4[c-]c(-n5[c-][n+]6c(c5)c5ccccc5c5ccccc5n5c7ccccc7c7cccc6c75)ccc4)ccc3c3ccccc32)c1.[Pt]. The standard InChI is InChI=1S/C54H37N5O.Pt/c1-54(2,3)35-28-29-55-52(30-35)58-46-22-9-7-19-42(46)44-27-26-38(32-50(44)58)60-37-15-12-14-36(31-37)56-33-51-41-18-5-4-16-39(41)40-17-6-10-23-47(40)59-48-24-11-8-20-43(48)45-21-13-25-49(53(45)59)57(51)34-56;/h4-30,33H,1-3H3;/q-2;. The molecule has 0 aliphatic heterocycles. The van der Waals surface area contributed by atoms with Crippen LogP contribution >= 0.6 is 0 Å². The Kier molecular flexibility index (Phi) is 8.52. The van der Waals surface area contributed by atoms with E-state index in [4.69, 9.17) is 9.72 Å². The molecule has 0 bridgehead atoms. The van der Waals surface area contributed by atoms with Crippen LogP contribution < -0.4 is 9.14 Å². The molecule has 7 aromatic carbocycles. The van der Waals surface area contributed by atoms with E-state index in [1.54, 1.807) is 0 Å². The van der Waals surface area contributed by atoms with Gasteiger partial charge in [-0.2, -0.15) is 18.2 Å². The van der Waals surface area contributed by atoms with Crippen LogP contribution in [0.2, 0.25) is 0 Å². The predicted octanol–water partition coefficient (Wildman–Crippen LogP) is 12.6. The number of hydrogen-bond acceptors (Lipinski definition) is 2. The van der Waals surface area contributed by atoms with E-state index < -0.39 is 0 Å². The maximum absolute atomic E-state index is 6.61. The van der Waals surface area contributed by atoms with Crippen molar-refractivity contribution in [3.05, 3.63) is 194 Å². The number of fused-ring (bicyclic) bond motifs is 13. The minimum Gasteiger partial charge on any atom is -0.510 e. The second-order valence-corrected chi connectivity index (χ2v) is 16.5. The van der Waals surface area contributed by atoms with Crippen LogP contribution in [0.4, 0.5) is 0 Å². The Morgan fingerprint density at radius 3 is 1.93 bits per heavy atom. The molecule has 0 saturated heterocycles. The van der Waals surface area contributed by atoms with Crippen molar-refractivity contribution in [1.82, 2.24) is 18.5 Å².